The Hall–Kier alpha value is -0.0900. The number of carbonyl (C=O) groups excluding carboxylic acids is 1. The van der Waals surface area contributed by atoms with Gasteiger partial charge in [-0.2, -0.15) is 0 Å². The Bertz CT molecular complexity index is 283. The first-order valence-electron chi connectivity index (χ1n) is 5.12. The highest BCUT2D eigenvalue weighted by Gasteiger charge is 2.02. The van der Waals surface area contributed by atoms with Gasteiger partial charge in [0, 0.05) is 17.1 Å². The Balaban J connectivity index is 4.03. The van der Waals surface area contributed by atoms with Crippen LogP contribution in [0.15, 0.2) is 23.3 Å². The third-order valence-corrected chi connectivity index (χ3v) is 3.38. The summed E-state index contributed by atoms with van der Waals surface area (Å²) >= 11 is 7.00. The van der Waals surface area contributed by atoms with Crippen LogP contribution in [-0.4, -0.2) is 22.7 Å². The molecule has 0 aromatic heterocycles. The number of allylic oxidation sites excluding steroid dienone is 3. The van der Waals surface area contributed by atoms with Gasteiger partial charge >= 0.3 is 5.97 Å². The predicted molar refractivity (Wildman–Crippen MR) is 75.3 cm³/mol. The molecular formula is C12H18Br2O2. The minimum atomic E-state index is -0.241. The lowest BCUT2D eigenvalue weighted by Crippen LogP contribution is -2.00. The quantitative estimate of drug-likeness (QED) is 0.410. The zero-order valence-corrected chi connectivity index (χ0v) is 13.1. The normalized spacial score (nSPS) is 14.8. The van der Waals surface area contributed by atoms with Gasteiger partial charge in [-0.3, -0.25) is 4.79 Å². The molecule has 0 saturated heterocycles. The molecule has 0 N–H and O–H groups in total. The molecule has 0 amide bonds. The Labute approximate surface area is 114 Å². The van der Waals surface area contributed by atoms with Crippen LogP contribution in [0.4, 0.5) is 0 Å². The molecule has 1 unspecified atom stereocenters. The van der Waals surface area contributed by atoms with Crippen molar-refractivity contribution in [2.75, 3.05) is 11.9 Å². The highest BCUT2D eigenvalue weighted by Crippen LogP contribution is 2.16. The number of halogens is 2. The maximum Gasteiger partial charge on any atom is 0.302 e. The van der Waals surface area contributed by atoms with E-state index in [0.717, 1.165) is 11.8 Å². The van der Waals surface area contributed by atoms with E-state index in [1.807, 2.05) is 13.0 Å². The molecule has 1 atom stereocenters. The van der Waals surface area contributed by atoms with Crippen molar-refractivity contribution in [2.24, 2.45) is 0 Å². The number of alkyl halides is 2. The summed E-state index contributed by atoms with van der Waals surface area (Å²) in [5.41, 5.74) is 2.51. The van der Waals surface area contributed by atoms with Crippen LogP contribution in [0.25, 0.3) is 0 Å². The van der Waals surface area contributed by atoms with Crippen molar-refractivity contribution in [3.8, 4) is 0 Å². The van der Waals surface area contributed by atoms with Gasteiger partial charge in [-0.05, 0) is 26.3 Å². The van der Waals surface area contributed by atoms with E-state index in [1.165, 1.54) is 18.1 Å². The SMILES string of the molecule is CC(=O)OC/C=C(\C)CC(Br)/C=C(\C)CBr. The average Bonchev–Trinajstić information content (AvgIpc) is 2.16. The van der Waals surface area contributed by atoms with E-state index in [2.05, 4.69) is 44.9 Å². The van der Waals surface area contributed by atoms with E-state index in [1.54, 1.807) is 0 Å². The molecule has 0 radical (unpaired) electrons. The first-order valence-corrected chi connectivity index (χ1v) is 7.15. The molecule has 0 aliphatic rings. The lowest BCUT2D eigenvalue weighted by molar-refractivity contribution is -0.139. The van der Waals surface area contributed by atoms with E-state index in [9.17, 15) is 4.79 Å². The molecule has 0 aromatic rings. The van der Waals surface area contributed by atoms with Gasteiger partial charge in [0.05, 0.1) is 0 Å². The van der Waals surface area contributed by atoms with E-state index in [-0.39, 0.29) is 5.97 Å². The molecule has 0 aliphatic heterocycles. The third kappa shape index (κ3) is 9.16. The lowest BCUT2D eigenvalue weighted by atomic mass is 10.1. The van der Waals surface area contributed by atoms with E-state index >= 15 is 0 Å². The summed E-state index contributed by atoms with van der Waals surface area (Å²) in [4.78, 5) is 10.9. The summed E-state index contributed by atoms with van der Waals surface area (Å²) in [7, 11) is 0. The Morgan fingerprint density at radius 3 is 2.44 bits per heavy atom. The van der Waals surface area contributed by atoms with E-state index in [0.29, 0.717) is 11.4 Å². The van der Waals surface area contributed by atoms with Gasteiger partial charge in [0.15, 0.2) is 0 Å². The Kier molecular flexibility index (Phi) is 8.94. The van der Waals surface area contributed by atoms with Crippen LogP contribution >= 0.6 is 31.9 Å². The molecule has 92 valence electrons. The second-order valence-corrected chi connectivity index (χ2v) is 5.46. The second-order valence-electron chi connectivity index (χ2n) is 3.72. The predicted octanol–water partition coefficient (Wildman–Crippen LogP) is 3.99. The van der Waals surface area contributed by atoms with Gasteiger partial charge in [0.25, 0.3) is 0 Å². The van der Waals surface area contributed by atoms with Crippen molar-refractivity contribution in [2.45, 2.75) is 32.0 Å². The first-order chi connectivity index (χ1) is 7.45. The minimum absolute atomic E-state index is 0.241. The first kappa shape index (κ1) is 15.9. The fourth-order valence-corrected chi connectivity index (χ4v) is 2.25. The Morgan fingerprint density at radius 2 is 1.94 bits per heavy atom. The third-order valence-electron chi connectivity index (χ3n) is 1.91. The molecule has 0 aromatic carbocycles. The van der Waals surface area contributed by atoms with E-state index in [4.69, 9.17) is 4.74 Å². The molecule has 4 heteroatoms. The smallest absolute Gasteiger partial charge is 0.302 e. The standard InChI is InChI=1S/C12H18Br2O2/c1-9(4-5-16-11(3)15)6-12(14)7-10(2)8-13/h4,7,12H,5-6,8H2,1-3H3/b9-4+,10-7+. The molecule has 16 heavy (non-hydrogen) atoms. The summed E-state index contributed by atoms with van der Waals surface area (Å²) in [6.45, 7) is 5.90. The molecule has 0 rings (SSSR count). The summed E-state index contributed by atoms with van der Waals surface area (Å²) in [6.07, 6.45) is 5.04. The van der Waals surface area contributed by atoms with Crippen molar-refractivity contribution in [3.05, 3.63) is 23.3 Å². The number of rotatable bonds is 6. The van der Waals surface area contributed by atoms with Crippen LogP contribution in [0.3, 0.4) is 0 Å². The van der Waals surface area contributed by atoms with Crippen molar-refractivity contribution in [1.82, 2.24) is 0 Å². The average molecular weight is 354 g/mol. The second kappa shape index (κ2) is 8.99. The van der Waals surface area contributed by atoms with E-state index < -0.39 is 0 Å². The summed E-state index contributed by atoms with van der Waals surface area (Å²) in [5, 5.41) is 0.894. The molecule has 0 aliphatic carbocycles. The monoisotopic (exact) mass is 352 g/mol. The number of hydrogen-bond donors (Lipinski definition) is 0. The highest BCUT2D eigenvalue weighted by molar-refractivity contribution is 9.09. The highest BCUT2D eigenvalue weighted by atomic mass is 79.9. The fraction of sp³-hybridized carbons (Fsp3) is 0.583. The number of esters is 1. The van der Waals surface area contributed by atoms with Crippen LogP contribution < -0.4 is 0 Å². The largest absolute Gasteiger partial charge is 0.462 e. The van der Waals surface area contributed by atoms with Crippen LogP contribution in [0, 0.1) is 0 Å². The maximum atomic E-state index is 10.6. The zero-order valence-electron chi connectivity index (χ0n) is 9.93. The van der Waals surface area contributed by atoms with Crippen molar-refractivity contribution in [1.29, 1.82) is 0 Å². The molecule has 2 nitrogen and oxygen atoms in total. The number of carbonyl (C=O) groups is 1. The van der Waals surface area contributed by atoms with Gasteiger partial charge in [0.1, 0.15) is 6.61 Å². The summed E-state index contributed by atoms with van der Waals surface area (Å²) < 4.78 is 4.84. The molecule has 0 saturated carbocycles. The molecule has 0 heterocycles. The van der Waals surface area contributed by atoms with Crippen molar-refractivity contribution in [3.63, 3.8) is 0 Å². The zero-order chi connectivity index (χ0) is 12.6. The molecule has 0 fully saturated rings. The Morgan fingerprint density at radius 1 is 1.31 bits per heavy atom. The van der Waals surface area contributed by atoms with Gasteiger partial charge in [-0.25, -0.2) is 0 Å². The minimum Gasteiger partial charge on any atom is -0.462 e. The molecular weight excluding hydrogens is 336 g/mol. The molecule has 0 bridgehead atoms. The van der Waals surface area contributed by atoms with Gasteiger partial charge in [0.2, 0.25) is 0 Å². The number of hydrogen-bond acceptors (Lipinski definition) is 2. The summed E-state index contributed by atoms with van der Waals surface area (Å²) in [5.74, 6) is -0.241. The fourth-order valence-electron chi connectivity index (χ4n) is 1.10. The van der Waals surface area contributed by atoms with Crippen LogP contribution in [0.2, 0.25) is 0 Å². The van der Waals surface area contributed by atoms with Crippen LogP contribution in [0.1, 0.15) is 27.2 Å². The van der Waals surface area contributed by atoms with Gasteiger partial charge in [-0.15, -0.1) is 0 Å². The lowest BCUT2D eigenvalue weighted by Gasteiger charge is -2.07. The van der Waals surface area contributed by atoms with Gasteiger partial charge < -0.3 is 4.74 Å². The molecule has 0 spiro atoms. The topological polar surface area (TPSA) is 26.3 Å². The number of ether oxygens (including phenoxy) is 1. The van der Waals surface area contributed by atoms with Crippen LogP contribution in [0.5, 0.6) is 0 Å². The maximum absolute atomic E-state index is 10.6. The van der Waals surface area contributed by atoms with Crippen molar-refractivity contribution >= 4 is 37.8 Å². The van der Waals surface area contributed by atoms with Crippen molar-refractivity contribution < 1.29 is 9.53 Å². The summed E-state index contributed by atoms with van der Waals surface area (Å²) in [6, 6.07) is 0. The van der Waals surface area contributed by atoms with Gasteiger partial charge in [-0.1, -0.05) is 49.1 Å². The van der Waals surface area contributed by atoms with Crippen LogP contribution in [-0.2, 0) is 9.53 Å².